The van der Waals surface area contributed by atoms with Gasteiger partial charge < -0.3 is 24.1 Å². The van der Waals surface area contributed by atoms with Crippen LogP contribution in [-0.2, 0) is 43.0 Å². The van der Waals surface area contributed by atoms with Gasteiger partial charge in [0.05, 0.1) is 5.69 Å². The molecule has 0 bridgehead atoms. The van der Waals surface area contributed by atoms with Gasteiger partial charge in [-0.1, -0.05) is 18.2 Å². The lowest BCUT2D eigenvalue weighted by Crippen LogP contribution is -2.62. The Morgan fingerprint density at radius 2 is 1.52 bits per heavy atom. The molecule has 1 aliphatic heterocycles. The molecule has 0 aromatic heterocycles. The number of benzene rings is 1. The SMILES string of the molecule is CC(=O)OC[C@H]1O[C@@H](ON(C(C)=O)c2ccccc2)[C@H](O)[C@@H](OC(C)=O)[C@@H]1OC(C)=O. The molecule has 170 valence electrons. The number of carbonyl (C=O) groups is 4. The van der Waals surface area contributed by atoms with E-state index in [1.54, 1.807) is 30.3 Å². The van der Waals surface area contributed by atoms with Crippen molar-refractivity contribution in [3.05, 3.63) is 30.3 Å². The third-order valence-corrected chi connectivity index (χ3v) is 4.16. The van der Waals surface area contributed by atoms with Crippen LogP contribution >= 0.6 is 0 Å². The van der Waals surface area contributed by atoms with Gasteiger partial charge in [0.15, 0.2) is 12.2 Å². The van der Waals surface area contributed by atoms with Crippen molar-refractivity contribution in [3.63, 3.8) is 0 Å². The van der Waals surface area contributed by atoms with Crippen LogP contribution in [0.4, 0.5) is 5.69 Å². The van der Waals surface area contributed by atoms with Gasteiger partial charge >= 0.3 is 17.9 Å². The van der Waals surface area contributed by atoms with Gasteiger partial charge in [-0.2, -0.15) is 5.06 Å². The lowest BCUT2D eigenvalue weighted by Gasteiger charge is -2.43. The number of para-hydroxylation sites is 1. The number of hydrogen-bond donors (Lipinski definition) is 1. The smallest absolute Gasteiger partial charge is 0.303 e. The van der Waals surface area contributed by atoms with Gasteiger partial charge in [0.1, 0.15) is 18.8 Å². The molecule has 1 saturated heterocycles. The Hall–Kier alpha value is -3.02. The Bertz CT molecular complexity index is 798. The van der Waals surface area contributed by atoms with Gasteiger partial charge in [-0.25, -0.2) is 4.84 Å². The van der Waals surface area contributed by atoms with Crippen LogP contribution in [0.3, 0.4) is 0 Å². The van der Waals surface area contributed by atoms with Crippen molar-refractivity contribution in [1.82, 2.24) is 0 Å². The summed E-state index contributed by atoms with van der Waals surface area (Å²) in [5.74, 6) is -2.66. The number of hydrogen-bond acceptors (Lipinski definition) is 10. The summed E-state index contributed by atoms with van der Waals surface area (Å²) in [6.07, 6.45) is -7.04. The number of rotatable bonds is 7. The number of aliphatic hydroxyl groups excluding tert-OH is 1. The first-order valence-corrected chi connectivity index (χ1v) is 9.44. The van der Waals surface area contributed by atoms with Crippen molar-refractivity contribution in [1.29, 1.82) is 0 Å². The van der Waals surface area contributed by atoms with E-state index in [1.807, 2.05) is 0 Å². The van der Waals surface area contributed by atoms with Gasteiger partial charge in [-0.05, 0) is 12.1 Å². The van der Waals surface area contributed by atoms with Gasteiger partial charge in [-0.3, -0.25) is 19.2 Å². The normalized spacial score (nSPS) is 25.3. The molecular formula is C20H25NO10. The fraction of sp³-hybridized carbons (Fsp3) is 0.500. The van der Waals surface area contributed by atoms with Crippen LogP contribution in [0.2, 0.25) is 0 Å². The molecule has 11 nitrogen and oxygen atoms in total. The molecule has 31 heavy (non-hydrogen) atoms. The van der Waals surface area contributed by atoms with Crippen LogP contribution in [-0.4, -0.2) is 66.2 Å². The quantitative estimate of drug-likeness (QED) is 0.363. The fourth-order valence-corrected chi connectivity index (χ4v) is 2.96. The van der Waals surface area contributed by atoms with E-state index in [2.05, 4.69) is 0 Å². The van der Waals surface area contributed by atoms with E-state index in [0.29, 0.717) is 5.69 Å². The highest BCUT2D eigenvalue weighted by molar-refractivity contribution is 5.89. The zero-order valence-corrected chi connectivity index (χ0v) is 17.5. The number of anilines is 1. The largest absolute Gasteiger partial charge is 0.463 e. The van der Waals surface area contributed by atoms with E-state index in [0.717, 1.165) is 18.9 Å². The molecule has 0 aliphatic carbocycles. The van der Waals surface area contributed by atoms with Gasteiger partial charge in [-0.15, -0.1) is 0 Å². The summed E-state index contributed by atoms with van der Waals surface area (Å²) in [7, 11) is 0. The Kier molecular flexibility index (Phi) is 8.48. The molecule has 5 atom stereocenters. The zero-order valence-electron chi connectivity index (χ0n) is 17.5. The molecule has 0 unspecified atom stereocenters. The van der Waals surface area contributed by atoms with Crippen molar-refractivity contribution >= 4 is 29.5 Å². The van der Waals surface area contributed by atoms with Crippen molar-refractivity contribution in [3.8, 4) is 0 Å². The lowest BCUT2D eigenvalue weighted by molar-refractivity contribution is -0.307. The summed E-state index contributed by atoms with van der Waals surface area (Å²) in [5.41, 5.74) is 0.355. The predicted molar refractivity (Wildman–Crippen MR) is 103 cm³/mol. The summed E-state index contributed by atoms with van der Waals surface area (Å²) in [6.45, 7) is 4.25. The van der Waals surface area contributed by atoms with Crippen LogP contribution in [0.15, 0.2) is 30.3 Å². The number of hydroxylamine groups is 1. The fourth-order valence-electron chi connectivity index (χ4n) is 2.96. The minimum absolute atomic E-state index is 0.355. The van der Waals surface area contributed by atoms with Crippen LogP contribution in [0, 0.1) is 0 Å². The summed E-state index contributed by atoms with van der Waals surface area (Å²) in [5, 5.41) is 11.7. The van der Waals surface area contributed by atoms with E-state index in [9.17, 15) is 24.3 Å². The third-order valence-electron chi connectivity index (χ3n) is 4.16. The molecule has 0 spiro atoms. The minimum Gasteiger partial charge on any atom is -0.463 e. The van der Waals surface area contributed by atoms with Crippen LogP contribution < -0.4 is 5.06 Å². The topological polar surface area (TPSA) is 138 Å². The molecule has 1 aliphatic rings. The molecule has 1 fully saturated rings. The average molecular weight is 439 g/mol. The zero-order chi connectivity index (χ0) is 23.1. The lowest BCUT2D eigenvalue weighted by atomic mass is 9.98. The molecule has 1 heterocycles. The molecule has 1 aromatic carbocycles. The van der Waals surface area contributed by atoms with E-state index in [1.165, 1.54) is 13.8 Å². The van der Waals surface area contributed by atoms with Gasteiger partial charge in [0, 0.05) is 27.7 Å². The van der Waals surface area contributed by atoms with Crippen molar-refractivity contribution in [2.24, 2.45) is 0 Å². The highest BCUT2D eigenvalue weighted by Crippen LogP contribution is 2.29. The molecule has 11 heteroatoms. The number of ether oxygens (including phenoxy) is 4. The van der Waals surface area contributed by atoms with E-state index in [-0.39, 0.29) is 6.61 Å². The summed E-state index contributed by atoms with van der Waals surface area (Å²) in [6, 6.07) is 8.28. The molecule has 1 N–H and O–H groups in total. The average Bonchev–Trinajstić information content (AvgIpc) is 2.69. The Morgan fingerprint density at radius 1 is 0.935 bits per heavy atom. The van der Waals surface area contributed by atoms with Crippen LogP contribution in [0.1, 0.15) is 27.7 Å². The maximum Gasteiger partial charge on any atom is 0.303 e. The number of nitrogens with zero attached hydrogens (tertiary/aromatic N) is 1. The molecule has 0 radical (unpaired) electrons. The monoisotopic (exact) mass is 439 g/mol. The first kappa shape index (κ1) is 24.3. The van der Waals surface area contributed by atoms with Crippen LogP contribution in [0.25, 0.3) is 0 Å². The van der Waals surface area contributed by atoms with E-state index >= 15 is 0 Å². The second-order valence-corrected chi connectivity index (χ2v) is 6.74. The first-order chi connectivity index (χ1) is 14.6. The number of carbonyl (C=O) groups excluding carboxylic acids is 4. The van der Waals surface area contributed by atoms with Crippen molar-refractivity contribution in [2.75, 3.05) is 11.7 Å². The van der Waals surface area contributed by atoms with Crippen LogP contribution in [0.5, 0.6) is 0 Å². The van der Waals surface area contributed by atoms with Gasteiger partial charge in [0.2, 0.25) is 12.2 Å². The van der Waals surface area contributed by atoms with Crippen molar-refractivity contribution < 1.29 is 48.1 Å². The Morgan fingerprint density at radius 3 is 2.03 bits per heavy atom. The number of esters is 3. The van der Waals surface area contributed by atoms with Crippen molar-refractivity contribution in [2.45, 2.75) is 58.4 Å². The Balaban J connectivity index is 2.35. The van der Waals surface area contributed by atoms with E-state index < -0.39 is 54.5 Å². The van der Waals surface area contributed by atoms with Gasteiger partial charge in [0.25, 0.3) is 0 Å². The highest BCUT2D eigenvalue weighted by atomic mass is 16.8. The third kappa shape index (κ3) is 6.74. The number of amides is 1. The molecule has 1 amide bonds. The second-order valence-electron chi connectivity index (χ2n) is 6.74. The summed E-state index contributed by atoms with van der Waals surface area (Å²) < 4.78 is 21.0. The summed E-state index contributed by atoms with van der Waals surface area (Å²) in [4.78, 5) is 52.2. The maximum atomic E-state index is 12.1. The summed E-state index contributed by atoms with van der Waals surface area (Å²) >= 11 is 0. The Labute approximate surface area is 178 Å². The molecule has 2 rings (SSSR count). The number of aliphatic hydroxyl groups is 1. The molecule has 0 saturated carbocycles. The second kappa shape index (κ2) is 10.8. The standard InChI is InChI=1S/C20H25NO10/c1-11(22)21(15-8-6-5-7-9-15)31-20-17(26)19(29-14(4)25)18(28-13(3)24)16(30-20)10-27-12(2)23/h5-9,16-20,26H,10H2,1-4H3/t16-,17-,18-,19-,20+/m1/s1. The molecular weight excluding hydrogens is 414 g/mol. The highest BCUT2D eigenvalue weighted by Gasteiger charge is 2.51. The predicted octanol–water partition coefficient (Wildman–Crippen LogP) is 0.483. The molecule has 1 aromatic rings. The minimum atomic E-state index is -1.65. The first-order valence-electron chi connectivity index (χ1n) is 9.44. The maximum absolute atomic E-state index is 12.1. The van der Waals surface area contributed by atoms with E-state index in [4.69, 9.17) is 23.8 Å².